The summed E-state index contributed by atoms with van der Waals surface area (Å²) in [4.78, 5) is 10.7. The summed E-state index contributed by atoms with van der Waals surface area (Å²) in [5, 5.41) is 21.8. The standard InChI is InChI=1S/C41H24N4O/c46-44-40-30-17-9-8-16-29(30)32-22-34-36(23-33(32)40)45(35-21-19-24-10-4-6-14-27(24)37(34)35)41-42-38(26-12-2-1-3-13-26)31-20-18-25-11-5-7-15-28(25)39(31)43-41/h1-23,46H. The summed E-state index contributed by atoms with van der Waals surface area (Å²) in [5.41, 5.74) is 9.30. The number of oxime groups is 1. The van der Waals surface area contributed by atoms with Gasteiger partial charge in [0, 0.05) is 38.2 Å². The van der Waals surface area contributed by atoms with Gasteiger partial charge in [-0.25, -0.2) is 9.97 Å². The van der Waals surface area contributed by atoms with Crippen molar-refractivity contribution >= 4 is 60.0 Å². The van der Waals surface area contributed by atoms with Crippen LogP contribution in [0, 0.1) is 0 Å². The zero-order chi connectivity index (χ0) is 30.4. The highest BCUT2D eigenvalue weighted by Gasteiger charge is 2.28. The number of rotatable bonds is 2. The number of fused-ring (bicyclic) bond motifs is 11. The molecular formula is C41H24N4O. The van der Waals surface area contributed by atoms with Gasteiger partial charge < -0.3 is 5.21 Å². The third-order valence-electron chi connectivity index (χ3n) is 9.45. The third-order valence-corrected chi connectivity index (χ3v) is 9.45. The van der Waals surface area contributed by atoms with Crippen LogP contribution in [0.15, 0.2) is 145 Å². The molecule has 0 spiro atoms. The molecule has 7 aromatic carbocycles. The molecule has 0 atom stereocenters. The topological polar surface area (TPSA) is 63.3 Å². The van der Waals surface area contributed by atoms with Crippen molar-refractivity contribution in [2.75, 3.05) is 0 Å². The van der Waals surface area contributed by atoms with Crippen LogP contribution in [0.3, 0.4) is 0 Å². The average Bonchev–Trinajstić information content (AvgIpc) is 3.62. The number of benzene rings is 7. The summed E-state index contributed by atoms with van der Waals surface area (Å²) in [7, 11) is 0. The lowest BCUT2D eigenvalue weighted by molar-refractivity contribution is 0.320. The van der Waals surface area contributed by atoms with Gasteiger partial charge in [-0.2, -0.15) is 0 Å². The highest BCUT2D eigenvalue weighted by atomic mass is 16.4. The summed E-state index contributed by atoms with van der Waals surface area (Å²) in [6, 6.07) is 48.4. The van der Waals surface area contributed by atoms with Crippen molar-refractivity contribution in [1.82, 2.24) is 14.5 Å². The predicted molar refractivity (Wildman–Crippen MR) is 187 cm³/mol. The number of hydrogen-bond acceptors (Lipinski definition) is 4. The van der Waals surface area contributed by atoms with Crippen molar-refractivity contribution in [3.63, 3.8) is 0 Å². The lowest BCUT2D eigenvalue weighted by Crippen LogP contribution is -2.04. The second-order valence-corrected chi connectivity index (χ2v) is 11.8. The molecule has 1 N–H and O–H groups in total. The van der Waals surface area contributed by atoms with E-state index < -0.39 is 0 Å². The van der Waals surface area contributed by atoms with E-state index >= 15 is 0 Å². The minimum Gasteiger partial charge on any atom is -0.410 e. The minimum absolute atomic E-state index is 0.574. The number of nitrogens with zero attached hydrogens (tertiary/aromatic N) is 4. The molecule has 0 saturated heterocycles. The zero-order valence-electron chi connectivity index (χ0n) is 24.5. The fraction of sp³-hybridized carbons (Fsp3) is 0. The smallest absolute Gasteiger partial charge is 0.235 e. The Hall–Kier alpha value is -6.33. The molecule has 0 saturated carbocycles. The molecule has 9 aromatic rings. The van der Waals surface area contributed by atoms with Crippen LogP contribution < -0.4 is 0 Å². The first kappa shape index (κ1) is 25.0. The van der Waals surface area contributed by atoms with Crippen molar-refractivity contribution in [2.24, 2.45) is 5.16 Å². The van der Waals surface area contributed by atoms with Crippen molar-refractivity contribution in [2.45, 2.75) is 0 Å². The molecule has 1 aliphatic carbocycles. The summed E-state index contributed by atoms with van der Waals surface area (Å²) < 4.78 is 2.18. The Morgan fingerprint density at radius 1 is 0.500 bits per heavy atom. The summed E-state index contributed by atoms with van der Waals surface area (Å²) >= 11 is 0. The van der Waals surface area contributed by atoms with E-state index in [1.165, 1.54) is 10.8 Å². The largest absolute Gasteiger partial charge is 0.410 e. The molecule has 1 aliphatic rings. The van der Waals surface area contributed by atoms with Crippen LogP contribution in [0.25, 0.3) is 82.6 Å². The van der Waals surface area contributed by atoms with E-state index in [0.29, 0.717) is 11.7 Å². The van der Waals surface area contributed by atoms with E-state index in [1.54, 1.807) is 0 Å². The second-order valence-electron chi connectivity index (χ2n) is 11.8. The van der Waals surface area contributed by atoms with Gasteiger partial charge in [-0.05, 0) is 51.6 Å². The summed E-state index contributed by atoms with van der Waals surface area (Å²) in [6.07, 6.45) is 0. The van der Waals surface area contributed by atoms with Crippen molar-refractivity contribution < 1.29 is 5.21 Å². The molecular weight excluding hydrogens is 564 g/mol. The van der Waals surface area contributed by atoms with Gasteiger partial charge in [-0.1, -0.05) is 120 Å². The first-order valence-corrected chi connectivity index (χ1v) is 15.4. The minimum atomic E-state index is 0.574. The normalized spacial score (nSPS) is 13.3. The maximum Gasteiger partial charge on any atom is 0.235 e. The molecule has 5 nitrogen and oxygen atoms in total. The van der Waals surface area contributed by atoms with Gasteiger partial charge in [0.2, 0.25) is 5.95 Å². The van der Waals surface area contributed by atoms with Crippen molar-refractivity contribution in [3.05, 3.63) is 151 Å². The molecule has 2 heterocycles. The van der Waals surface area contributed by atoms with Crippen LogP contribution in [-0.4, -0.2) is 25.5 Å². The Labute approximate surface area is 263 Å². The van der Waals surface area contributed by atoms with Gasteiger partial charge in [0.25, 0.3) is 0 Å². The molecule has 2 aromatic heterocycles. The number of hydrogen-bond donors (Lipinski definition) is 1. The van der Waals surface area contributed by atoms with Crippen LogP contribution in [-0.2, 0) is 0 Å². The molecule has 0 fully saturated rings. The predicted octanol–water partition coefficient (Wildman–Crippen LogP) is 9.91. The Morgan fingerprint density at radius 3 is 2.02 bits per heavy atom. The second kappa shape index (κ2) is 9.34. The maximum atomic E-state index is 10.2. The Kier molecular flexibility index (Phi) is 5.08. The van der Waals surface area contributed by atoms with E-state index in [-0.39, 0.29) is 0 Å². The molecule has 0 amide bonds. The van der Waals surface area contributed by atoms with E-state index in [1.807, 2.05) is 36.4 Å². The fourth-order valence-electron chi connectivity index (χ4n) is 7.41. The first-order valence-electron chi connectivity index (χ1n) is 15.4. The average molecular weight is 589 g/mol. The van der Waals surface area contributed by atoms with Gasteiger partial charge >= 0.3 is 0 Å². The van der Waals surface area contributed by atoms with Crippen LogP contribution in [0.1, 0.15) is 11.1 Å². The first-order chi connectivity index (χ1) is 22.8. The van der Waals surface area contributed by atoms with Gasteiger partial charge in [0.15, 0.2) is 0 Å². The van der Waals surface area contributed by atoms with E-state index in [4.69, 9.17) is 9.97 Å². The number of aromatic nitrogens is 3. The molecule has 5 heteroatoms. The van der Waals surface area contributed by atoms with Crippen LogP contribution >= 0.6 is 0 Å². The van der Waals surface area contributed by atoms with E-state index in [0.717, 1.165) is 77.0 Å². The van der Waals surface area contributed by atoms with Crippen LogP contribution in [0.5, 0.6) is 0 Å². The maximum absolute atomic E-state index is 10.2. The van der Waals surface area contributed by atoms with Crippen molar-refractivity contribution in [1.29, 1.82) is 0 Å². The molecule has 0 unspecified atom stereocenters. The Bertz CT molecular complexity index is 2760. The van der Waals surface area contributed by atoms with Gasteiger partial charge in [0.05, 0.1) is 22.2 Å². The molecule has 46 heavy (non-hydrogen) atoms. The monoisotopic (exact) mass is 588 g/mol. The van der Waals surface area contributed by atoms with E-state index in [2.05, 4.69) is 113 Å². The molecule has 10 rings (SSSR count). The quantitative estimate of drug-likeness (QED) is 0.124. The highest BCUT2D eigenvalue weighted by molar-refractivity contribution is 6.29. The van der Waals surface area contributed by atoms with Gasteiger partial charge in [-0.15, -0.1) is 0 Å². The Morgan fingerprint density at radius 2 is 1.20 bits per heavy atom. The highest BCUT2D eigenvalue weighted by Crippen LogP contribution is 2.44. The van der Waals surface area contributed by atoms with Crippen LogP contribution in [0.2, 0.25) is 0 Å². The van der Waals surface area contributed by atoms with Gasteiger partial charge in [-0.3, -0.25) is 4.57 Å². The molecule has 0 aliphatic heterocycles. The van der Waals surface area contributed by atoms with Crippen LogP contribution in [0.4, 0.5) is 0 Å². The third kappa shape index (κ3) is 3.37. The SMILES string of the molecule is ON=C1c2ccccc2-c2cc3c4c5ccccc5ccc4n(-c4nc(-c5ccccc5)c5ccc6ccccc6c5n4)c3cc21. The lowest BCUT2D eigenvalue weighted by Gasteiger charge is -2.13. The summed E-state index contributed by atoms with van der Waals surface area (Å²) in [6.45, 7) is 0. The zero-order valence-corrected chi connectivity index (χ0v) is 24.5. The van der Waals surface area contributed by atoms with Gasteiger partial charge in [0.1, 0.15) is 5.71 Å². The molecule has 0 bridgehead atoms. The van der Waals surface area contributed by atoms with Crippen molar-refractivity contribution in [3.8, 4) is 28.3 Å². The molecule has 0 radical (unpaired) electrons. The molecule has 214 valence electrons. The lowest BCUT2D eigenvalue weighted by atomic mass is 9.99. The Balaban J connectivity index is 1.39. The fourth-order valence-corrected chi connectivity index (χ4v) is 7.41. The summed E-state index contributed by atoms with van der Waals surface area (Å²) in [5.74, 6) is 0.593. The van der Waals surface area contributed by atoms with E-state index in [9.17, 15) is 5.21 Å².